The van der Waals surface area contributed by atoms with Gasteiger partial charge in [-0.05, 0) is 47.8 Å². The molecule has 4 rings (SSSR count). The van der Waals surface area contributed by atoms with E-state index in [0.29, 0.717) is 13.0 Å². The molecule has 3 saturated carbocycles. The summed E-state index contributed by atoms with van der Waals surface area (Å²) >= 11 is 0. The van der Waals surface area contributed by atoms with E-state index in [1.165, 1.54) is 6.42 Å². The molecular formula is C29H47N5O5. The Balaban J connectivity index is 1.52. The topological polar surface area (TPSA) is 142 Å². The number of hydrogen-bond donors (Lipinski definition) is 3. The summed E-state index contributed by atoms with van der Waals surface area (Å²) in [5, 5.41) is 5.79. The zero-order valence-electron chi connectivity index (χ0n) is 24.4. The molecule has 218 valence electrons. The summed E-state index contributed by atoms with van der Waals surface area (Å²) in [4.78, 5) is 68.6. The minimum absolute atomic E-state index is 0.0621. The highest BCUT2D eigenvalue weighted by Gasteiger charge is 2.70. The Morgan fingerprint density at radius 3 is 2.15 bits per heavy atom. The summed E-state index contributed by atoms with van der Waals surface area (Å²) in [5.74, 6) is -2.23. The fourth-order valence-electron chi connectivity index (χ4n) is 6.83. The molecule has 1 aliphatic heterocycles. The highest BCUT2D eigenvalue weighted by atomic mass is 16.2. The van der Waals surface area contributed by atoms with Crippen LogP contribution in [0.4, 0.5) is 4.79 Å². The highest BCUT2D eigenvalue weighted by molar-refractivity contribution is 6.37. The lowest BCUT2D eigenvalue weighted by molar-refractivity contribution is -0.145. The number of rotatable bonds is 9. The summed E-state index contributed by atoms with van der Waals surface area (Å²) in [6.45, 7) is 10.3. The van der Waals surface area contributed by atoms with Gasteiger partial charge in [0, 0.05) is 19.6 Å². The minimum atomic E-state index is -1.07. The monoisotopic (exact) mass is 545 g/mol. The first-order valence-corrected chi connectivity index (χ1v) is 14.6. The van der Waals surface area contributed by atoms with Crippen molar-refractivity contribution in [1.82, 2.24) is 20.4 Å². The van der Waals surface area contributed by atoms with Crippen LogP contribution in [-0.2, 0) is 19.2 Å². The molecule has 4 fully saturated rings. The third kappa shape index (κ3) is 6.09. The maximum atomic E-state index is 14.1. The molecular weight excluding hydrogens is 498 g/mol. The summed E-state index contributed by atoms with van der Waals surface area (Å²) < 4.78 is 0. The van der Waals surface area contributed by atoms with Crippen molar-refractivity contribution >= 4 is 29.5 Å². The van der Waals surface area contributed by atoms with Crippen LogP contribution in [0.3, 0.4) is 0 Å². The predicted octanol–water partition coefficient (Wildman–Crippen LogP) is 2.20. The normalized spacial score (nSPS) is 27.6. The molecule has 4 N–H and O–H groups in total. The summed E-state index contributed by atoms with van der Waals surface area (Å²) in [6.07, 6.45) is 7.55. The molecule has 0 bridgehead atoms. The van der Waals surface area contributed by atoms with Gasteiger partial charge in [0.25, 0.3) is 5.91 Å². The summed E-state index contributed by atoms with van der Waals surface area (Å²) in [6, 6.07) is -2.72. The van der Waals surface area contributed by atoms with Gasteiger partial charge >= 0.3 is 6.03 Å². The number of piperidine rings is 1. The Kier molecular flexibility index (Phi) is 8.07. The van der Waals surface area contributed by atoms with E-state index in [9.17, 15) is 24.0 Å². The second kappa shape index (κ2) is 10.7. The van der Waals surface area contributed by atoms with Crippen LogP contribution in [0.25, 0.3) is 0 Å². The van der Waals surface area contributed by atoms with Crippen molar-refractivity contribution in [3.05, 3.63) is 0 Å². The number of Topliss-reactive ketones (excluding diaryl/α,β-unsaturated/α-hetero) is 1. The van der Waals surface area contributed by atoms with Gasteiger partial charge in [-0.15, -0.1) is 0 Å². The zero-order valence-corrected chi connectivity index (χ0v) is 24.4. The van der Waals surface area contributed by atoms with Crippen molar-refractivity contribution in [3.63, 3.8) is 0 Å². The lowest BCUT2D eigenvalue weighted by atomic mass is 9.85. The Morgan fingerprint density at radius 1 is 1.00 bits per heavy atom. The number of nitrogens with two attached hydrogens (primary N) is 1. The van der Waals surface area contributed by atoms with Gasteiger partial charge in [0.2, 0.25) is 17.6 Å². The molecule has 5 amide bonds. The molecule has 39 heavy (non-hydrogen) atoms. The molecule has 0 radical (unpaired) electrons. The maximum absolute atomic E-state index is 14.1. The van der Waals surface area contributed by atoms with Crippen molar-refractivity contribution in [3.8, 4) is 0 Å². The molecule has 5 unspecified atom stereocenters. The number of nitrogens with zero attached hydrogens (tertiary/aromatic N) is 2. The molecule has 0 aromatic rings. The van der Waals surface area contributed by atoms with Crippen LogP contribution in [-0.4, -0.2) is 77.1 Å². The molecule has 1 saturated heterocycles. The Labute approximate surface area is 232 Å². The van der Waals surface area contributed by atoms with Gasteiger partial charge in [0.05, 0.1) is 6.04 Å². The number of carbonyl (C=O) groups is 5. The third-order valence-corrected chi connectivity index (χ3v) is 9.73. The number of likely N-dealkylation sites (tertiary alicyclic amines) is 1. The first-order chi connectivity index (χ1) is 18.1. The predicted molar refractivity (Wildman–Crippen MR) is 146 cm³/mol. The van der Waals surface area contributed by atoms with Gasteiger partial charge in [0.1, 0.15) is 12.1 Å². The van der Waals surface area contributed by atoms with Crippen molar-refractivity contribution in [2.24, 2.45) is 34.3 Å². The second-order valence-electron chi connectivity index (χ2n) is 14.0. The van der Waals surface area contributed by atoms with Gasteiger partial charge < -0.3 is 26.2 Å². The first-order valence-electron chi connectivity index (χ1n) is 14.6. The van der Waals surface area contributed by atoms with E-state index in [-0.39, 0.29) is 41.1 Å². The van der Waals surface area contributed by atoms with E-state index < -0.39 is 41.1 Å². The van der Waals surface area contributed by atoms with Crippen LogP contribution in [0, 0.1) is 28.6 Å². The maximum Gasteiger partial charge on any atom is 0.318 e. The second-order valence-corrected chi connectivity index (χ2v) is 14.0. The molecule has 3 aliphatic carbocycles. The molecule has 0 aromatic carbocycles. The third-order valence-electron chi connectivity index (χ3n) is 9.73. The van der Waals surface area contributed by atoms with Gasteiger partial charge in [0.15, 0.2) is 0 Å². The summed E-state index contributed by atoms with van der Waals surface area (Å²) in [5.41, 5.74) is 4.56. The van der Waals surface area contributed by atoms with Crippen LogP contribution < -0.4 is 16.4 Å². The van der Waals surface area contributed by atoms with Gasteiger partial charge in [-0.2, -0.15) is 0 Å². The fraction of sp³-hybridized carbons (Fsp3) is 0.828. The van der Waals surface area contributed by atoms with Crippen molar-refractivity contribution in [2.75, 3.05) is 13.6 Å². The number of hydrogen-bond acceptors (Lipinski definition) is 5. The first kappa shape index (κ1) is 29.3. The zero-order chi connectivity index (χ0) is 28.9. The molecule has 10 nitrogen and oxygen atoms in total. The molecule has 4 aliphatic rings. The van der Waals surface area contributed by atoms with Crippen molar-refractivity contribution in [1.29, 1.82) is 0 Å². The molecule has 5 atom stereocenters. The SMILES string of the molecule is CN(C(=O)NC(C(=O)N1CC2C(C1C(=O)NC(CC1CC1)C(=O)C(N)=O)C2(C)C)C(C)(C)C)C1CCCCC1. The minimum Gasteiger partial charge on any atom is -0.363 e. The number of nitrogens with one attached hydrogen (secondary N) is 2. The molecule has 0 spiro atoms. The van der Waals surface area contributed by atoms with Crippen LogP contribution in [0.1, 0.15) is 86.0 Å². The standard InChI is InChI=1S/C29H47N5O5/c1-28(2,3)23(32-27(39)33(6)17-10-8-7-9-11-17)26(38)34-15-18-20(29(18,4)5)21(34)25(37)31-19(14-16-12-13-16)22(35)24(30)36/h16-21,23H,7-15H2,1-6H3,(H2,30,36)(H,31,37)(H,32,39). The number of carbonyl (C=O) groups excluding carboxylic acids is 5. The van der Waals surface area contributed by atoms with Crippen LogP contribution >= 0.6 is 0 Å². The van der Waals surface area contributed by atoms with Gasteiger partial charge in [-0.1, -0.05) is 66.7 Å². The Morgan fingerprint density at radius 2 is 1.62 bits per heavy atom. The lowest BCUT2D eigenvalue weighted by Crippen LogP contribution is -2.61. The molecule has 10 heteroatoms. The van der Waals surface area contributed by atoms with E-state index in [2.05, 4.69) is 24.5 Å². The van der Waals surface area contributed by atoms with Crippen LogP contribution in [0.2, 0.25) is 0 Å². The smallest absolute Gasteiger partial charge is 0.318 e. The van der Waals surface area contributed by atoms with Crippen LogP contribution in [0.15, 0.2) is 0 Å². The average Bonchev–Trinajstić information content (AvgIpc) is 3.72. The average molecular weight is 546 g/mol. The lowest BCUT2D eigenvalue weighted by Gasteiger charge is -2.39. The van der Waals surface area contributed by atoms with Crippen LogP contribution in [0.5, 0.6) is 0 Å². The van der Waals surface area contributed by atoms with Gasteiger partial charge in [-0.3, -0.25) is 19.2 Å². The van der Waals surface area contributed by atoms with E-state index >= 15 is 0 Å². The number of urea groups is 1. The fourth-order valence-corrected chi connectivity index (χ4v) is 6.83. The number of ketones is 1. The van der Waals surface area contributed by atoms with E-state index in [0.717, 1.165) is 38.5 Å². The number of fused-ring (bicyclic) bond motifs is 1. The Bertz CT molecular complexity index is 1010. The van der Waals surface area contributed by atoms with E-state index in [1.807, 2.05) is 20.8 Å². The number of primary amides is 1. The molecule has 0 aromatic heterocycles. The van der Waals surface area contributed by atoms with E-state index in [1.54, 1.807) is 16.8 Å². The van der Waals surface area contributed by atoms with Crippen molar-refractivity contribution in [2.45, 2.75) is 110 Å². The van der Waals surface area contributed by atoms with Crippen molar-refractivity contribution < 1.29 is 24.0 Å². The molecule has 1 heterocycles. The number of amides is 5. The highest BCUT2D eigenvalue weighted by Crippen LogP contribution is 2.65. The largest absolute Gasteiger partial charge is 0.363 e. The Hall–Kier alpha value is -2.65. The van der Waals surface area contributed by atoms with Gasteiger partial charge in [-0.25, -0.2) is 4.79 Å². The quantitative estimate of drug-likeness (QED) is 0.381. The summed E-state index contributed by atoms with van der Waals surface area (Å²) in [7, 11) is 1.79. The van der Waals surface area contributed by atoms with E-state index in [4.69, 9.17) is 5.73 Å².